The summed E-state index contributed by atoms with van der Waals surface area (Å²) in [4.78, 5) is 26.0. The summed E-state index contributed by atoms with van der Waals surface area (Å²) in [6, 6.07) is 12.8. The van der Waals surface area contributed by atoms with Gasteiger partial charge < -0.3 is 9.47 Å². The monoisotopic (exact) mass is 412 g/mol. The maximum absolute atomic E-state index is 12.6. The molecule has 1 amide bonds. The van der Waals surface area contributed by atoms with E-state index in [1.54, 1.807) is 30.1 Å². The molecule has 0 N–H and O–H groups in total. The van der Waals surface area contributed by atoms with Crippen LogP contribution >= 0.6 is 23.4 Å². The summed E-state index contributed by atoms with van der Waals surface area (Å²) in [7, 11) is 3.62. The molecule has 142 valence electrons. The van der Waals surface area contributed by atoms with Crippen LogP contribution in [0.5, 0.6) is 0 Å². The van der Waals surface area contributed by atoms with Crippen LogP contribution in [0.15, 0.2) is 47.6 Å². The van der Waals surface area contributed by atoms with E-state index >= 15 is 0 Å². The quantitative estimate of drug-likeness (QED) is 0.473. The van der Waals surface area contributed by atoms with Crippen molar-refractivity contribution in [1.29, 1.82) is 0 Å². The van der Waals surface area contributed by atoms with E-state index in [1.807, 2.05) is 35.9 Å². The van der Waals surface area contributed by atoms with Gasteiger partial charge in [0, 0.05) is 35.9 Å². The van der Waals surface area contributed by atoms with Gasteiger partial charge in [-0.1, -0.05) is 23.4 Å². The molecule has 2 aromatic carbocycles. The summed E-state index contributed by atoms with van der Waals surface area (Å²) < 4.78 is 1.86. The van der Waals surface area contributed by atoms with Crippen LogP contribution < -0.4 is 4.90 Å². The van der Waals surface area contributed by atoms with Gasteiger partial charge in [-0.3, -0.25) is 9.59 Å². The van der Waals surface area contributed by atoms with E-state index in [-0.39, 0.29) is 17.4 Å². The molecule has 0 saturated heterocycles. The molecule has 0 spiro atoms. The molecule has 2 heterocycles. The number of likely N-dealkylation sites (N-methyl/N-ethyl adjacent to an activating group) is 1. The van der Waals surface area contributed by atoms with Crippen LogP contribution in [-0.2, 0) is 18.3 Å². The Hall–Kier alpha value is -2.64. The Morgan fingerprint density at radius 2 is 1.89 bits per heavy atom. The van der Waals surface area contributed by atoms with Crippen molar-refractivity contribution < 1.29 is 9.59 Å². The first-order chi connectivity index (χ1) is 13.4. The molecule has 4 rings (SSSR count). The molecular weight excluding hydrogens is 396 g/mol. The second kappa shape index (κ2) is 7.41. The first kappa shape index (κ1) is 18.7. The van der Waals surface area contributed by atoms with E-state index in [9.17, 15) is 9.59 Å². The number of nitrogens with zero attached hydrogens (tertiary/aromatic N) is 4. The van der Waals surface area contributed by atoms with Gasteiger partial charge in [-0.05, 0) is 48.0 Å². The van der Waals surface area contributed by atoms with E-state index < -0.39 is 0 Å². The number of benzene rings is 2. The highest BCUT2D eigenvalue weighted by atomic mass is 35.5. The third kappa shape index (κ3) is 3.43. The van der Waals surface area contributed by atoms with Gasteiger partial charge in [0.15, 0.2) is 16.8 Å². The fraction of sp³-hybridized carbons (Fsp3) is 0.200. The average molecular weight is 413 g/mol. The zero-order valence-electron chi connectivity index (χ0n) is 15.3. The largest absolute Gasteiger partial charge is 0.315 e. The average Bonchev–Trinajstić information content (AvgIpc) is 3.19. The molecular formula is C20H17ClN4O2S. The maximum atomic E-state index is 12.6. The standard InChI is InChI=1S/C20H17ClN4O2S/c1-24-16-8-5-13(9-14(16)10-18(24)27)17(26)11-28-20-23-22-19(25(20)2)12-3-6-15(21)7-4-12/h3-9H,10-11H2,1-2H3. The van der Waals surface area contributed by atoms with Crippen molar-refractivity contribution in [3.8, 4) is 11.4 Å². The number of carbonyl (C=O) groups excluding carboxylic acids is 2. The van der Waals surface area contributed by atoms with Crippen LogP contribution in [0, 0.1) is 0 Å². The van der Waals surface area contributed by atoms with Gasteiger partial charge in [-0.25, -0.2) is 0 Å². The third-order valence-corrected chi connectivity index (χ3v) is 6.02. The predicted molar refractivity (Wildman–Crippen MR) is 110 cm³/mol. The lowest BCUT2D eigenvalue weighted by molar-refractivity contribution is -0.117. The van der Waals surface area contributed by atoms with Gasteiger partial charge in [0.1, 0.15) is 0 Å². The maximum Gasteiger partial charge on any atom is 0.231 e. The molecule has 1 aromatic heterocycles. The minimum absolute atomic E-state index is 0.00848. The number of hydrogen-bond acceptors (Lipinski definition) is 5. The summed E-state index contributed by atoms with van der Waals surface area (Å²) in [6.45, 7) is 0. The smallest absolute Gasteiger partial charge is 0.231 e. The number of aromatic nitrogens is 3. The molecule has 1 aliphatic rings. The lowest BCUT2D eigenvalue weighted by Gasteiger charge is -2.10. The summed E-state index contributed by atoms with van der Waals surface area (Å²) in [5.41, 5.74) is 3.28. The minimum Gasteiger partial charge on any atom is -0.315 e. The highest BCUT2D eigenvalue weighted by molar-refractivity contribution is 7.99. The molecule has 6 nitrogen and oxygen atoms in total. The van der Waals surface area contributed by atoms with E-state index in [4.69, 9.17) is 11.6 Å². The zero-order valence-corrected chi connectivity index (χ0v) is 16.9. The van der Waals surface area contributed by atoms with Crippen molar-refractivity contribution in [3.63, 3.8) is 0 Å². The lowest BCUT2D eigenvalue weighted by Crippen LogP contribution is -2.20. The van der Waals surface area contributed by atoms with Gasteiger partial charge in [0.05, 0.1) is 12.2 Å². The Kier molecular flexibility index (Phi) is 4.95. The number of carbonyl (C=O) groups is 2. The molecule has 0 bridgehead atoms. The van der Waals surface area contributed by atoms with Crippen molar-refractivity contribution in [1.82, 2.24) is 14.8 Å². The van der Waals surface area contributed by atoms with Gasteiger partial charge in [-0.2, -0.15) is 0 Å². The molecule has 0 fully saturated rings. The van der Waals surface area contributed by atoms with Gasteiger partial charge in [0.25, 0.3) is 0 Å². The third-order valence-electron chi connectivity index (χ3n) is 4.75. The zero-order chi connectivity index (χ0) is 19.8. The first-order valence-electron chi connectivity index (χ1n) is 8.65. The van der Waals surface area contributed by atoms with E-state index in [0.29, 0.717) is 28.0 Å². The van der Waals surface area contributed by atoms with Crippen molar-refractivity contribution in [2.75, 3.05) is 17.7 Å². The van der Waals surface area contributed by atoms with Gasteiger partial charge >= 0.3 is 0 Å². The molecule has 28 heavy (non-hydrogen) atoms. The number of rotatable bonds is 5. The second-order valence-corrected chi connectivity index (χ2v) is 7.94. The van der Waals surface area contributed by atoms with Crippen LogP contribution in [0.1, 0.15) is 15.9 Å². The molecule has 1 aliphatic heterocycles. The summed E-state index contributed by atoms with van der Waals surface area (Å²) in [5.74, 6) is 0.995. The minimum atomic E-state index is -0.00848. The van der Waals surface area contributed by atoms with Crippen molar-refractivity contribution in [2.45, 2.75) is 11.6 Å². The Morgan fingerprint density at radius 3 is 2.64 bits per heavy atom. The van der Waals surface area contributed by atoms with E-state index in [0.717, 1.165) is 16.8 Å². The SMILES string of the molecule is CN1C(=O)Cc2cc(C(=O)CSc3nnc(-c4ccc(Cl)cc4)n3C)ccc21. The molecule has 0 saturated carbocycles. The number of amides is 1. The molecule has 0 aliphatic carbocycles. The Bertz CT molecular complexity index is 1080. The first-order valence-corrected chi connectivity index (χ1v) is 10.0. The summed E-state index contributed by atoms with van der Waals surface area (Å²) >= 11 is 7.27. The van der Waals surface area contributed by atoms with Crippen molar-refractivity contribution >= 4 is 40.7 Å². The topological polar surface area (TPSA) is 68.1 Å². The molecule has 0 atom stereocenters. The van der Waals surface area contributed by atoms with Crippen LogP contribution in [0.4, 0.5) is 5.69 Å². The van der Waals surface area contributed by atoms with Gasteiger partial charge in [-0.15, -0.1) is 10.2 Å². The number of hydrogen-bond donors (Lipinski definition) is 0. The summed E-state index contributed by atoms with van der Waals surface area (Å²) in [5, 5.41) is 9.74. The van der Waals surface area contributed by atoms with Crippen LogP contribution in [0.3, 0.4) is 0 Å². The number of Topliss-reactive ketones (excluding diaryl/α,β-unsaturated/α-hetero) is 1. The number of halogens is 1. The van der Waals surface area contributed by atoms with E-state index in [1.165, 1.54) is 11.8 Å². The lowest BCUT2D eigenvalue weighted by atomic mass is 10.1. The second-order valence-electron chi connectivity index (χ2n) is 6.56. The summed E-state index contributed by atoms with van der Waals surface area (Å²) in [6.07, 6.45) is 0.341. The highest BCUT2D eigenvalue weighted by Gasteiger charge is 2.25. The van der Waals surface area contributed by atoms with Crippen LogP contribution in [0.25, 0.3) is 11.4 Å². The predicted octanol–water partition coefficient (Wildman–Crippen LogP) is 3.63. The van der Waals surface area contributed by atoms with Crippen molar-refractivity contribution in [3.05, 3.63) is 58.6 Å². The molecule has 0 radical (unpaired) electrons. The fourth-order valence-electron chi connectivity index (χ4n) is 3.15. The van der Waals surface area contributed by atoms with Crippen LogP contribution in [0.2, 0.25) is 5.02 Å². The van der Waals surface area contributed by atoms with E-state index in [2.05, 4.69) is 10.2 Å². The fourth-order valence-corrected chi connectivity index (χ4v) is 4.08. The molecule has 0 unspecified atom stereocenters. The highest BCUT2D eigenvalue weighted by Crippen LogP contribution is 2.29. The normalized spacial score (nSPS) is 13.1. The number of ketones is 1. The Labute approximate surface area is 171 Å². The van der Waals surface area contributed by atoms with Gasteiger partial charge in [0.2, 0.25) is 5.91 Å². The molecule has 3 aromatic rings. The number of anilines is 1. The van der Waals surface area contributed by atoms with Crippen LogP contribution in [-0.4, -0.2) is 39.3 Å². The molecule has 8 heteroatoms. The number of thioether (sulfide) groups is 1. The Balaban J connectivity index is 1.47. The number of fused-ring (bicyclic) bond motifs is 1. The Morgan fingerprint density at radius 1 is 1.14 bits per heavy atom. The van der Waals surface area contributed by atoms with Crippen molar-refractivity contribution in [2.24, 2.45) is 7.05 Å².